The molecule has 0 spiro atoms. The SMILES string of the molecule is Cc1ccc(C2/C(=C(/O)c3ccc(F)cc3)C(=O)C(=O)N2CCCn2ccnc2)cc1. The van der Waals surface area contributed by atoms with Crippen molar-refractivity contribution in [3.8, 4) is 0 Å². The highest BCUT2D eigenvalue weighted by molar-refractivity contribution is 6.46. The van der Waals surface area contributed by atoms with Crippen LogP contribution in [-0.4, -0.2) is 37.8 Å². The Morgan fingerprint density at radius 2 is 1.77 bits per heavy atom. The first-order valence-corrected chi connectivity index (χ1v) is 10.0. The number of benzene rings is 2. The van der Waals surface area contributed by atoms with Gasteiger partial charge in [-0.3, -0.25) is 9.59 Å². The number of Topliss-reactive ketones (excluding diaryl/α,β-unsaturated/α-hetero) is 1. The third kappa shape index (κ3) is 4.12. The monoisotopic (exact) mass is 419 g/mol. The molecule has 2 aromatic carbocycles. The minimum atomic E-state index is -0.741. The van der Waals surface area contributed by atoms with Gasteiger partial charge in [0.15, 0.2) is 0 Å². The van der Waals surface area contributed by atoms with E-state index in [2.05, 4.69) is 4.98 Å². The van der Waals surface area contributed by atoms with E-state index in [9.17, 15) is 19.1 Å². The summed E-state index contributed by atoms with van der Waals surface area (Å²) in [4.78, 5) is 31.3. The van der Waals surface area contributed by atoms with E-state index in [1.165, 1.54) is 29.2 Å². The standard InChI is InChI=1S/C24H22FN3O3/c1-16-3-5-17(6-4-16)21-20(22(29)18-7-9-19(25)10-8-18)23(30)24(31)28(21)13-2-12-27-14-11-26-15-27/h3-11,14-15,21,29H,2,12-13H2,1H3/b22-20-. The maximum absolute atomic E-state index is 13.3. The number of hydrogen-bond donors (Lipinski definition) is 1. The Labute approximate surface area is 179 Å². The topological polar surface area (TPSA) is 75.4 Å². The van der Waals surface area contributed by atoms with Gasteiger partial charge in [-0.1, -0.05) is 29.8 Å². The molecule has 0 saturated carbocycles. The Morgan fingerprint density at radius 1 is 1.06 bits per heavy atom. The number of imidazole rings is 1. The summed E-state index contributed by atoms with van der Waals surface area (Å²) in [5.41, 5.74) is 2.08. The van der Waals surface area contributed by atoms with Crippen LogP contribution in [0.25, 0.3) is 5.76 Å². The Balaban J connectivity index is 1.72. The van der Waals surface area contributed by atoms with Crippen molar-refractivity contribution < 1.29 is 19.1 Å². The van der Waals surface area contributed by atoms with Crippen LogP contribution in [-0.2, 0) is 16.1 Å². The van der Waals surface area contributed by atoms with Gasteiger partial charge in [0.25, 0.3) is 11.7 Å². The zero-order valence-corrected chi connectivity index (χ0v) is 17.0. The Kier molecular flexibility index (Phi) is 5.66. The molecule has 1 fully saturated rings. The predicted molar refractivity (Wildman–Crippen MR) is 113 cm³/mol. The minimum Gasteiger partial charge on any atom is -0.507 e. The van der Waals surface area contributed by atoms with E-state index < -0.39 is 23.5 Å². The largest absolute Gasteiger partial charge is 0.507 e. The molecule has 158 valence electrons. The van der Waals surface area contributed by atoms with E-state index >= 15 is 0 Å². The molecule has 1 amide bonds. The normalized spacial score (nSPS) is 18.0. The number of amides is 1. The van der Waals surface area contributed by atoms with Gasteiger partial charge in [-0.2, -0.15) is 0 Å². The molecule has 3 aromatic rings. The molecular formula is C24H22FN3O3. The molecular weight excluding hydrogens is 397 g/mol. The summed E-state index contributed by atoms with van der Waals surface area (Å²) in [6.07, 6.45) is 5.82. The highest BCUT2D eigenvalue weighted by Gasteiger charge is 2.45. The van der Waals surface area contributed by atoms with Crippen molar-refractivity contribution in [2.45, 2.75) is 25.9 Å². The molecule has 31 heavy (non-hydrogen) atoms. The van der Waals surface area contributed by atoms with Gasteiger partial charge in [0, 0.05) is 31.0 Å². The average molecular weight is 419 g/mol. The Hall–Kier alpha value is -3.74. The zero-order valence-electron chi connectivity index (χ0n) is 17.0. The van der Waals surface area contributed by atoms with E-state index in [1.807, 2.05) is 42.0 Å². The number of ketones is 1. The number of carbonyl (C=O) groups is 2. The summed E-state index contributed by atoms with van der Waals surface area (Å²) in [6.45, 7) is 2.92. The van der Waals surface area contributed by atoms with Crippen LogP contribution in [0.5, 0.6) is 0 Å². The maximum atomic E-state index is 13.3. The van der Waals surface area contributed by atoms with Gasteiger partial charge in [0.05, 0.1) is 17.9 Å². The van der Waals surface area contributed by atoms with Crippen LogP contribution in [0.4, 0.5) is 4.39 Å². The molecule has 0 bridgehead atoms. The number of aromatic nitrogens is 2. The fourth-order valence-electron chi connectivity index (χ4n) is 3.81. The average Bonchev–Trinajstić information content (AvgIpc) is 3.37. The third-order valence-electron chi connectivity index (χ3n) is 5.43. The van der Waals surface area contributed by atoms with Gasteiger partial charge in [-0.25, -0.2) is 9.37 Å². The first-order valence-electron chi connectivity index (χ1n) is 10.0. The summed E-state index contributed by atoms with van der Waals surface area (Å²) in [5.74, 6) is -2.15. The number of nitrogens with zero attached hydrogens (tertiary/aromatic N) is 3. The molecule has 0 radical (unpaired) electrons. The lowest BCUT2D eigenvalue weighted by molar-refractivity contribution is -0.139. The molecule has 0 aliphatic carbocycles. The van der Waals surface area contributed by atoms with Gasteiger partial charge in [0.2, 0.25) is 0 Å². The van der Waals surface area contributed by atoms with Crippen molar-refractivity contribution >= 4 is 17.4 Å². The van der Waals surface area contributed by atoms with Crippen molar-refractivity contribution in [2.24, 2.45) is 0 Å². The first-order chi connectivity index (χ1) is 15.0. The molecule has 1 unspecified atom stereocenters. The van der Waals surface area contributed by atoms with Crippen molar-refractivity contribution in [1.82, 2.24) is 14.5 Å². The Bertz CT molecular complexity index is 1120. The smallest absolute Gasteiger partial charge is 0.295 e. The molecule has 6 nitrogen and oxygen atoms in total. The summed E-state index contributed by atoms with van der Waals surface area (Å²) in [7, 11) is 0. The van der Waals surface area contributed by atoms with E-state index in [-0.39, 0.29) is 16.9 Å². The van der Waals surface area contributed by atoms with Gasteiger partial charge >= 0.3 is 0 Å². The van der Waals surface area contributed by atoms with Crippen molar-refractivity contribution in [2.75, 3.05) is 6.54 Å². The second-order valence-electron chi connectivity index (χ2n) is 7.56. The maximum Gasteiger partial charge on any atom is 0.295 e. The molecule has 1 aliphatic rings. The van der Waals surface area contributed by atoms with Gasteiger partial charge < -0.3 is 14.6 Å². The van der Waals surface area contributed by atoms with Crippen LogP contribution in [0.2, 0.25) is 0 Å². The molecule has 2 heterocycles. The van der Waals surface area contributed by atoms with E-state index in [1.54, 1.807) is 12.5 Å². The number of rotatable bonds is 6. The third-order valence-corrected chi connectivity index (χ3v) is 5.43. The van der Waals surface area contributed by atoms with Crippen molar-refractivity contribution in [3.05, 3.63) is 95.3 Å². The summed E-state index contributed by atoms with van der Waals surface area (Å²) in [6, 6.07) is 12.0. The first kappa shape index (κ1) is 20.5. The van der Waals surface area contributed by atoms with Crippen molar-refractivity contribution in [3.63, 3.8) is 0 Å². The molecule has 1 atom stereocenters. The number of aliphatic hydroxyl groups is 1. The van der Waals surface area contributed by atoms with Gasteiger partial charge in [-0.05, 0) is 43.2 Å². The van der Waals surface area contributed by atoms with Crippen LogP contribution >= 0.6 is 0 Å². The number of aliphatic hydroxyl groups excluding tert-OH is 1. The number of halogens is 1. The molecule has 4 rings (SSSR count). The van der Waals surface area contributed by atoms with Crippen LogP contribution < -0.4 is 0 Å². The van der Waals surface area contributed by atoms with E-state index in [0.29, 0.717) is 19.5 Å². The lowest BCUT2D eigenvalue weighted by Gasteiger charge is -2.25. The van der Waals surface area contributed by atoms with Crippen LogP contribution in [0, 0.1) is 12.7 Å². The Morgan fingerprint density at radius 3 is 2.42 bits per heavy atom. The fourth-order valence-corrected chi connectivity index (χ4v) is 3.81. The minimum absolute atomic E-state index is 0.0168. The lowest BCUT2D eigenvalue weighted by Crippen LogP contribution is -2.31. The lowest BCUT2D eigenvalue weighted by atomic mass is 9.94. The molecule has 1 aliphatic heterocycles. The number of aryl methyl sites for hydroxylation is 2. The fraction of sp³-hybridized carbons (Fsp3) is 0.208. The zero-order chi connectivity index (χ0) is 22.0. The number of likely N-dealkylation sites (tertiary alicyclic amines) is 1. The molecule has 1 aromatic heterocycles. The second kappa shape index (κ2) is 8.55. The highest BCUT2D eigenvalue weighted by atomic mass is 19.1. The quantitative estimate of drug-likeness (QED) is 0.374. The van der Waals surface area contributed by atoms with Crippen LogP contribution in [0.1, 0.15) is 29.2 Å². The predicted octanol–water partition coefficient (Wildman–Crippen LogP) is 3.84. The molecule has 7 heteroatoms. The molecule has 1 N–H and O–H groups in total. The highest BCUT2D eigenvalue weighted by Crippen LogP contribution is 2.39. The summed E-state index contributed by atoms with van der Waals surface area (Å²) < 4.78 is 15.2. The number of hydrogen-bond acceptors (Lipinski definition) is 4. The van der Waals surface area contributed by atoms with E-state index in [0.717, 1.165) is 11.1 Å². The molecule has 1 saturated heterocycles. The van der Waals surface area contributed by atoms with Gasteiger partial charge in [-0.15, -0.1) is 0 Å². The van der Waals surface area contributed by atoms with Crippen LogP contribution in [0.3, 0.4) is 0 Å². The summed E-state index contributed by atoms with van der Waals surface area (Å²) in [5, 5.41) is 10.9. The van der Waals surface area contributed by atoms with E-state index in [4.69, 9.17) is 0 Å². The number of carbonyl (C=O) groups excluding carboxylic acids is 2. The summed E-state index contributed by atoms with van der Waals surface area (Å²) >= 11 is 0. The van der Waals surface area contributed by atoms with Crippen LogP contribution in [0.15, 0.2) is 72.8 Å². The van der Waals surface area contributed by atoms with Crippen molar-refractivity contribution in [1.29, 1.82) is 0 Å². The van der Waals surface area contributed by atoms with Gasteiger partial charge in [0.1, 0.15) is 11.6 Å². The second-order valence-corrected chi connectivity index (χ2v) is 7.56.